The molecule has 0 bridgehead atoms. The number of methoxy groups -OCH3 is 1. The Kier molecular flexibility index (Phi) is 4.84. The lowest BCUT2D eigenvalue weighted by Gasteiger charge is -2.10. The largest absolute Gasteiger partial charge is 0.469 e. The van der Waals surface area contributed by atoms with Gasteiger partial charge in [-0.1, -0.05) is 18.2 Å². The van der Waals surface area contributed by atoms with Gasteiger partial charge in [0.1, 0.15) is 6.42 Å². The highest BCUT2D eigenvalue weighted by atomic mass is 16.5. The maximum absolute atomic E-state index is 11.7. The number of benzene rings is 1. The number of hydrogen-bond donors (Lipinski definition) is 0. The first-order chi connectivity index (χ1) is 8.02. The lowest BCUT2D eigenvalue weighted by Crippen LogP contribution is -2.12. The molecule has 1 aromatic rings. The quantitative estimate of drug-likeness (QED) is 0.441. The van der Waals surface area contributed by atoms with E-state index in [0.717, 1.165) is 12.1 Å². The van der Waals surface area contributed by atoms with Crippen LogP contribution in [0.25, 0.3) is 0 Å². The zero-order valence-corrected chi connectivity index (χ0v) is 10.4. The Morgan fingerprint density at radius 3 is 2.59 bits per heavy atom. The average Bonchev–Trinajstić information content (AvgIpc) is 2.28. The molecule has 0 spiro atoms. The summed E-state index contributed by atoms with van der Waals surface area (Å²) in [6, 6.07) is 7.30. The number of Topliss-reactive ketones (excluding diaryl/α,β-unsaturated/α-hetero) is 1. The normalized spacial score (nSPS) is 10.4. The van der Waals surface area contributed by atoms with Crippen molar-refractivity contribution in [3.63, 3.8) is 0 Å². The molecule has 0 saturated carbocycles. The molecule has 0 aromatic heterocycles. The summed E-state index contributed by atoms with van der Waals surface area (Å²) in [6.07, 6.45) is -0.206. The van der Waals surface area contributed by atoms with E-state index in [0.29, 0.717) is 5.56 Å². The molecule has 4 heteroatoms. The number of nitrogens with zero attached hydrogens (tertiary/aromatic N) is 1. The van der Waals surface area contributed by atoms with Crippen molar-refractivity contribution in [2.75, 3.05) is 21.2 Å². The lowest BCUT2D eigenvalue weighted by molar-refractivity contribution is -0.139. The van der Waals surface area contributed by atoms with Crippen LogP contribution >= 0.6 is 0 Å². The molecular formula is C13H17NO3. The van der Waals surface area contributed by atoms with E-state index in [9.17, 15) is 9.59 Å². The maximum Gasteiger partial charge on any atom is 0.313 e. The molecule has 4 nitrogen and oxygen atoms in total. The fraction of sp³-hybridized carbons (Fsp3) is 0.385. The van der Waals surface area contributed by atoms with Crippen LogP contribution in [-0.4, -0.2) is 37.9 Å². The summed E-state index contributed by atoms with van der Waals surface area (Å²) in [5.41, 5.74) is 1.60. The van der Waals surface area contributed by atoms with Crippen molar-refractivity contribution in [1.82, 2.24) is 4.90 Å². The van der Waals surface area contributed by atoms with Crippen molar-refractivity contribution in [3.8, 4) is 0 Å². The van der Waals surface area contributed by atoms with E-state index in [-0.39, 0.29) is 12.2 Å². The van der Waals surface area contributed by atoms with E-state index in [4.69, 9.17) is 0 Å². The molecule has 0 atom stereocenters. The van der Waals surface area contributed by atoms with E-state index in [1.165, 1.54) is 7.11 Å². The Morgan fingerprint density at radius 2 is 2.00 bits per heavy atom. The number of carbonyl (C=O) groups is 2. The minimum atomic E-state index is -0.506. The first-order valence-corrected chi connectivity index (χ1v) is 5.36. The predicted molar refractivity (Wildman–Crippen MR) is 64.8 cm³/mol. The van der Waals surface area contributed by atoms with Crippen LogP contribution in [0.4, 0.5) is 0 Å². The molecule has 0 aliphatic carbocycles. The fourth-order valence-electron chi connectivity index (χ4n) is 1.51. The molecule has 0 heterocycles. The van der Waals surface area contributed by atoms with E-state index >= 15 is 0 Å². The van der Waals surface area contributed by atoms with Gasteiger partial charge < -0.3 is 9.64 Å². The maximum atomic E-state index is 11.7. The predicted octanol–water partition coefficient (Wildman–Crippen LogP) is 1.49. The first kappa shape index (κ1) is 13.4. The van der Waals surface area contributed by atoms with Crippen LogP contribution in [0, 0.1) is 0 Å². The molecule has 0 amide bonds. The van der Waals surface area contributed by atoms with Crippen LogP contribution in [0.2, 0.25) is 0 Å². The number of carbonyl (C=O) groups excluding carboxylic acids is 2. The van der Waals surface area contributed by atoms with Gasteiger partial charge in [0.25, 0.3) is 0 Å². The zero-order chi connectivity index (χ0) is 12.8. The minimum Gasteiger partial charge on any atom is -0.469 e. The number of ether oxygens (including phenoxy) is 1. The number of ketones is 1. The molecule has 1 rings (SSSR count). The van der Waals surface area contributed by atoms with E-state index in [2.05, 4.69) is 4.74 Å². The topological polar surface area (TPSA) is 46.6 Å². The highest BCUT2D eigenvalue weighted by molar-refractivity contribution is 6.05. The average molecular weight is 235 g/mol. The number of esters is 1. The molecule has 0 saturated heterocycles. The Morgan fingerprint density at radius 1 is 1.29 bits per heavy atom. The molecule has 0 aliphatic heterocycles. The van der Waals surface area contributed by atoms with Crippen LogP contribution in [0.3, 0.4) is 0 Å². The molecule has 0 fully saturated rings. The van der Waals surface area contributed by atoms with Gasteiger partial charge in [0.15, 0.2) is 5.78 Å². The van der Waals surface area contributed by atoms with E-state index in [1.54, 1.807) is 6.07 Å². The summed E-state index contributed by atoms with van der Waals surface area (Å²) in [6.45, 7) is 0.763. The molecule has 0 N–H and O–H groups in total. The van der Waals surface area contributed by atoms with E-state index < -0.39 is 5.97 Å². The molecule has 92 valence electrons. The molecule has 1 aromatic carbocycles. The Labute approximate surface area is 101 Å². The van der Waals surface area contributed by atoms with Crippen LogP contribution in [0.5, 0.6) is 0 Å². The molecule has 17 heavy (non-hydrogen) atoms. The van der Waals surface area contributed by atoms with Gasteiger partial charge in [-0.05, 0) is 25.7 Å². The Hall–Kier alpha value is -1.68. The lowest BCUT2D eigenvalue weighted by atomic mass is 10.1. The highest BCUT2D eigenvalue weighted by Gasteiger charge is 2.12. The fourth-order valence-corrected chi connectivity index (χ4v) is 1.51. The Balaban J connectivity index is 2.77. The molecular weight excluding hydrogens is 218 g/mol. The van der Waals surface area contributed by atoms with E-state index in [1.807, 2.05) is 37.2 Å². The summed E-state index contributed by atoms with van der Waals surface area (Å²) >= 11 is 0. The second kappa shape index (κ2) is 6.15. The molecule has 0 unspecified atom stereocenters. The van der Waals surface area contributed by atoms with Crippen LogP contribution < -0.4 is 0 Å². The molecule has 0 aliphatic rings. The second-order valence-electron chi connectivity index (χ2n) is 4.11. The van der Waals surface area contributed by atoms with Gasteiger partial charge in [0.2, 0.25) is 0 Å². The third-order valence-electron chi connectivity index (χ3n) is 2.28. The van der Waals surface area contributed by atoms with Crippen molar-refractivity contribution in [2.24, 2.45) is 0 Å². The standard InChI is InChI=1S/C13H17NO3/c1-14(2)9-10-5-4-6-11(7-10)12(15)8-13(16)17-3/h4-7H,8-9H2,1-3H3. The van der Waals surface area contributed by atoms with Crippen LogP contribution in [0.1, 0.15) is 22.3 Å². The summed E-state index contributed by atoms with van der Waals surface area (Å²) < 4.78 is 4.47. The minimum absolute atomic E-state index is 0.206. The number of hydrogen-bond acceptors (Lipinski definition) is 4. The third kappa shape index (κ3) is 4.36. The highest BCUT2D eigenvalue weighted by Crippen LogP contribution is 2.09. The summed E-state index contributed by atoms with van der Waals surface area (Å²) in [5.74, 6) is -0.717. The zero-order valence-electron chi connectivity index (χ0n) is 10.4. The van der Waals surface area contributed by atoms with Gasteiger partial charge in [-0.3, -0.25) is 9.59 Å². The summed E-state index contributed by atoms with van der Waals surface area (Å²) in [7, 11) is 5.20. The first-order valence-electron chi connectivity index (χ1n) is 5.36. The van der Waals surface area contributed by atoms with Crippen molar-refractivity contribution in [1.29, 1.82) is 0 Å². The van der Waals surface area contributed by atoms with Gasteiger partial charge in [-0.25, -0.2) is 0 Å². The van der Waals surface area contributed by atoms with Crippen molar-refractivity contribution in [3.05, 3.63) is 35.4 Å². The third-order valence-corrected chi connectivity index (χ3v) is 2.28. The van der Waals surface area contributed by atoms with Crippen LogP contribution in [-0.2, 0) is 16.1 Å². The SMILES string of the molecule is COC(=O)CC(=O)c1cccc(CN(C)C)c1. The van der Waals surface area contributed by atoms with Gasteiger partial charge in [-0.15, -0.1) is 0 Å². The van der Waals surface area contributed by atoms with Crippen molar-refractivity contribution in [2.45, 2.75) is 13.0 Å². The van der Waals surface area contributed by atoms with Crippen LogP contribution in [0.15, 0.2) is 24.3 Å². The van der Waals surface area contributed by atoms with Gasteiger partial charge >= 0.3 is 5.97 Å². The monoisotopic (exact) mass is 235 g/mol. The van der Waals surface area contributed by atoms with Gasteiger partial charge in [0, 0.05) is 12.1 Å². The number of rotatable bonds is 5. The second-order valence-corrected chi connectivity index (χ2v) is 4.11. The van der Waals surface area contributed by atoms with Crippen molar-refractivity contribution >= 4 is 11.8 Å². The summed E-state index contributed by atoms with van der Waals surface area (Å²) in [4.78, 5) is 24.8. The summed E-state index contributed by atoms with van der Waals surface area (Å²) in [5, 5.41) is 0. The smallest absolute Gasteiger partial charge is 0.313 e. The Bertz CT molecular complexity index is 413. The van der Waals surface area contributed by atoms with Crippen molar-refractivity contribution < 1.29 is 14.3 Å². The van der Waals surface area contributed by atoms with Gasteiger partial charge in [-0.2, -0.15) is 0 Å². The molecule has 0 radical (unpaired) electrons. The van der Waals surface area contributed by atoms with Gasteiger partial charge in [0.05, 0.1) is 7.11 Å².